The van der Waals surface area contributed by atoms with Crippen LogP contribution in [0.3, 0.4) is 0 Å². The van der Waals surface area contributed by atoms with Crippen LogP contribution in [0, 0.1) is 5.41 Å². The zero-order valence-corrected chi connectivity index (χ0v) is 10.6. The molecule has 0 radical (unpaired) electrons. The summed E-state index contributed by atoms with van der Waals surface area (Å²) in [6.07, 6.45) is 8.16. The Morgan fingerprint density at radius 1 is 1.20 bits per heavy atom. The number of hydrogen-bond acceptors (Lipinski definition) is 2. The van der Waals surface area contributed by atoms with Crippen molar-refractivity contribution in [3.05, 3.63) is 0 Å². The molecule has 0 aromatic carbocycles. The summed E-state index contributed by atoms with van der Waals surface area (Å²) in [6, 6.07) is 0.811. The summed E-state index contributed by atoms with van der Waals surface area (Å²) in [5, 5.41) is 0. The van der Waals surface area contributed by atoms with Crippen molar-refractivity contribution in [2.24, 2.45) is 11.1 Å². The third kappa shape index (κ3) is 1.53. The molecule has 0 saturated heterocycles. The second-order valence-electron chi connectivity index (χ2n) is 6.17. The Bertz CT molecular complexity index is 233. The maximum absolute atomic E-state index is 6.12. The molecular formula is C13H26N2. The van der Waals surface area contributed by atoms with E-state index in [1.54, 1.807) is 0 Å². The van der Waals surface area contributed by atoms with Crippen molar-refractivity contribution in [3.63, 3.8) is 0 Å². The Morgan fingerprint density at radius 2 is 1.87 bits per heavy atom. The Kier molecular flexibility index (Phi) is 2.85. The fraction of sp³-hybridized carbons (Fsp3) is 1.00. The van der Waals surface area contributed by atoms with Crippen LogP contribution >= 0.6 is 0 Å². The van der Waals surface area contributed by atoms with Crippen molar-refractivity contribution in [1.29, 1.82) is 0 Å². The third-order valence-corrected chi connectivity index (χ3v) is 5.29. The average molecular weight is 210 g/mol. The van der Waals surface area contributed by atoms with Gasteiger partial charge in [0, 0.05) is 18.1 Å². The van der Waals surface area contributed by atoms with Gasteiger partial charge in [-0.25, -0.2) is 0 Å². The van der Waals surface area contributed by atoms with Gasteiger partial charge in [-0.3, -0.25) is 4.90 Å². The van der Waals surface area contributed by atoms with Crippen molar-refractivity contribution < 1.29 is 0 Å². The van der Waals surface area contributed by atoms with Crippen LogP contribution in [0.5, 0.6) is 0 Å². The maximum atomic E-state index is 6.12. The van der Waals surface area contributed by atoms with E-state index in [4.69, 9.17) is 5.73 Å². The van der Waals surface area contributed by atoms with Gasteiger partial charge in [-0.15, -0.1) is 0 Å². The lowest BCUT2D eigenvalue weighted by Crippen LogP contribution is -2.62. The summed E-state index contributed by atoms with van der Waals surface area (Å²) >= 11 is 0. The van der Waals surface area contributed by atoms with E-state index in [1.807, 2.05) is 0 Å². The second-order valence-corrected chi connectivity index (χ2v) is 6.17. The second kappa shape index (κ2) is 3.74. The van der Waals surface area contributed by atoms with Gasteiger partial charge in [-0.2, -0.15) is 0 Å². The highest BCUT2D eigenvalue weighted by atomic mass is 15.2. The van der Waals surface area contributed by atoms with Gasteiger partial charge in [0.1, 0.15) is 0 Å². The molecule has 0 amide bonds. The van der Waals surface area contributed by atoms with E-state index in [2.05, 4.69) is 25.8 Å². The van der Waals surface area contributed by atoms with E-state index in [0.29, 0.717) is 5.41 Å². The molecule has 0 heterocycles. The van der Waals surface area contributed by atoms with Crippen LogP contribution in [0.2, 0.25) is 0 Å². The summed E-state index contributed by atoms with van der Waals surface area (Å²) < 4.78 is 0. The molecule has 88 valence electrons. The Labute approximate surface area is 94.2 Å². The third-order valence-electron chi connectivity index (χ3n) is 5.29. The van der Waals surface area contributed by atoms with Crippen LogP contribution in [0.4, 0.5) is 0 Å². The molecule has 2 heteroatoms. The molecule has 1 unspecified atom stereocenters. The molecule has 2 rings (SSSR count). The van der Waals surface area contributed by atoms with Crippen molar-refractivity contribution in [2.75, 3.05) is 13.6 Å². The first-order valence-corrected chi connectivity index (χ1v) is 6.46. The summed E-state index contributed by atoms with van der Waals surface area (Å²) in [4.78, 5) is 2.63. The van der Waals surface area contributed by atoms with Crippen LogP contribution in [0.1, 0.15) is 52.4 Å². The molecule has 15 heavy (non-hydrogen) atoms. The first kappa shape index (κ1) is 11.4. The number of hydrogen-bond donors (Lipinski definition) is 1. The Balaban J connectivity index is 2.19. The van der Waals surface area contributed by atoms with Crippen molar-refractivity contribution in [1.82, 2.24) is 4.90 Å². The zero-order valence-electron chi connectivity index (χ0n) is 10.6. The van der Waals surface area contributed by atoms with Gasteiger partial charge in [0.15, 0.2) is 0 Å². The molecule has 0 spiro atoms. The van der Waals surface area contributed by atoms with E-state index in [1.165, 1.54) is 38.5 Å². The Hall–Kier alpha value is -0.0800. The fourth-order valence-electron chi connectivity index (χ4n) is 3.69. The van der Waals surface area contributed by atoms with Gasteiger partial charge < -0.3 is 5.73 Å². The molecule has 1 atom stereocenters. The van der Waals surface area contributed by atoms with E-state index in [9.17, 15) is 0 Å². The predicted octanol–water partition coefficient (Wildman–Crippen LogP) is 2.38. The lowest BCUT2D eigenvalue weighted by atomic mass is 9.72. The monoisotopic (exact) mass is 210 g/mol. The largest absolute Gasteiger partial charge is 0.329 e. The molecule has 2 aliphatic rings. The van der Waals surface area contributed by atoms with Crippen LogP contribution in [-0.2, 0) is 0 Å². The minimum absolute atomic E-state index is 0.276. The van der Waals surface area contributed by atoms with Gasteiger partial charge in [0.05, 0.1) is 0 Å². The smallest absolute Gasteiger partial charge is 0.0382 e. The number of rotatable bonds is 3. The molecule has 0 aromatic heterocycles. The number of likely N-dealkylation sites (N-methyl/N-ethyl adjacent to an activating group) is 1. The SMILES string of the molecule is CN(C1CCC1)C1(CN)CCCC1(C)C. The van der Waals surface area contributed by atoms with Crippen molar-refractivity contribution >= 4 is 0 Å². The average Bonchev–Trinajstić information content (AvgIpc) is 2.38. The topological polar surface area (TPSA) is 29.3 Å². The molecule has 2 fully saturated rings. The van der Waals surface area contributed by atoms with Crippen LogP contribution < -0.4 is 5.73 Å². The summed E-state index contributed by atoms with van der Waals surface area (Å²) in [5.74, 6) is 0. The van der Waals surface area contributed by atoms with Crippen molar-refractivity contribution in [3.8, 4) is 0 Å². The van der Waals surface area contributed by atoms with Crippen LogP contribution in [-0.4, -0.2) is 30.1 Å². The van der Waals surface area contributed by atoms with E-state index >= 15 is 0 Å². The fourth-order valence-corrected chi connectivity index (χ4v) is 3.69. The summed E-state index contributed by atoms with van der Waals surface area (Å²) in [5.41, 5.74) is 6.79. The number of nitrogens with zero attached hydrogens (tertiary/aromatic N) is 1. The normalized spacial score (nSPS) is 35.8. The Morgan fingerprint density at radius 3 is 2.20 bits per heavy atom. The van der Waals surface area contributed by atoms with Gasteiger partial charge in [0.2, 0.25) is 0 Å². The van der Waals surface area contributed by atoms with E-state index in [-0.39, 0.29) is 5.54 Å². The zero-order chi connectivity index (χ0) is 11.1. The lowest BCUT2D eigenvalue weighted by molar-refractivity contribution is -0.0221. The minimum atomic E-state index is 0.276. The van der Waals surface area contributed by atoms with Gasteiger partial charge in [-0.1, -0.05) is 26.7 Å². The van der Waals surface area contributed by atoms with E-state index < -0.39 is 0 Å². The van der Waals surface area contributed by atoms with Crippen molar-refractivity contribution in [2.45, 2.75) is 64.0 Å². The highest BCUT2D eigenvalue weighted by Gasteiger charge is 2.52. The highest BCUT2D eigenvalue weighted by molar-refractivity contribution is 5.08. The molecule has 2 saturated carbocycles. The highest BCUT2D eigenvalue weighted by Crippen LogP contribution is 2.50. The predicted molar refractivity (Wildman–Crippen MR) is 64.8 cm³/mol. The van der Waals surface area contributed by atoms with Gasteiger partial charge in [-0.05, 0) is 38.1 Å². The molecule has 2 aliphatic carbocycles. The summed E-state index contributed by atoms with van der Waals surface area (Å²) in [7, 11) is 2.31. The van der Waals surface area contributed by atoms with E-state index in [0.717, 1.165) is 12.6 Å². The van der Waals surface area contributed by atoms with Crippen LogP contribution in [0.25, 0.3) is 0 Å². The quantitative estimate of drug-likeness (QED) is 0.775. The van der Waals surface area contributed by atoms with Gasteiger partial charge in [0.25, 0.3) is 0 Å². The lowest BCUT2D eigenvalue weighted by Gasteiger charge is -2.53. The van der Waals surface area contributed by atoms with Gasteiger partial charge >= 0.3 is 0 Å². The first-order valence-electron chi connectivity index (χ1n) is 6.46. The first-order chi connectivity index (χ1) is 7.03. The number of nitrogens with two attached hydrogens (primary N) is 1. The molecule has 2 N–H and O–H groups in total. The molecule has 0 bridgehead atoms. The summed E-state index contributed by atoms with van der Waals surface area (Å²) in [6.45, 7) is 5.64. The van der Waals surface area contributed by atoms with Crippen LogP contribution in [0.15, 0.2) is 0 Å². The maximum Gasteiger partial charge on any atom is 0.0382 e. The molecule has 2 nitrogen and oxygen atoms in total. The molecule has 0 aliphatic heterocycles. The minimum Gasteiger partial charge on any atom is -0.329 e. The molecule has 0 aromatic rings. The molecular weight excluding hydrogens is 184 g/mol. The standard InChI is InChI=1S/C13H26N2/c1-12(2)8-5-9-13(12,10-14)15(3)11-6-4-7-11/h11H,4-10,14H2,1-3H3.